The van der Waals surface area contributed by atoms with Crippen LogP contribution >= 0.6 is 0 Å². The first kappa shape index (κ1) is 22.1. The van der Waals surface area contributed by atoms with Crippen LogP contribution in [-0.4, -0.2) is 44.2 Å². The summed E-state index contributed by atoms with van der Waals surface area (Å²) in [5.41, 5.74) is -0.00161. The zero-order valence-electron chi connectivity index (χ0n) is 18.6. The Labute approximate surface area is 190 Å². The number of Topliss-reactive ketones (excluding diaryl/α,β-unsaturated/α-hetero) is 1. The molecule has 6 rings (SSSR count). The van der Waals surface area contributed by atoms with Crippen LogP contribution in [-0.2, 0) is 19.6 Å². The zero-order chi connectivity index (χ0) is 22.3. The Kier molecular flexibility index (Phi) is 5.91. The number of nitrogens with zero attached hydrogens (tertiary/aromatic N) is 1. The minimum absolute atomic E-state index is 0.0744. The molecule has 4 aliphatic carbocycles. The highest BCUT2D eigenvalue weighted by Crippen LogP contribution is 2.60. The summed E-state index contributed by atoms with van der Waals surface area (Å²) >= 11 is 0. The van der Waals surface area contributed by atoms with Gasteiger partial charge in [-0.05, 0) is 93.4 Å². The smallest absolute Gasteiger partial charge is 0.338 e. The van der Waals surface area contributed by atoms with Gasteiger partial charge in [0, 0.05) is 18.5 Å². The second kappa shape index (κ2) is 8.56. The van der Waals surface area contributed by atoms with Gasteiger partial charge in [0.1, 0.15) is 0 Å². The molecule has 7 heteroatoms. The molecule has 174 valence electrons. The summed E-state index contributed by atoms with van der Waals surface area (Å²) in [6.45, 7) is 0.899. The Morgan fingerprint density at radius 2 is 1.41 bits per heavy atom. The van der Waals surface area contributed by atoms with E-state index in [0.717, 1.165) is 44.9 Å². The van der Waals surface area contributed by atoms with Gasteiger partial charge in [0.2, 0.25) is 10.0 Å². The molecular weight excluding hydrogens is 426 g/mol. The third kappa shape index (κ3) is 4.14. The molecule has 4 saturated carbocycles. The van der Waals surface area contributed by atoms with Crippen molar-refractivity contribution in [2.24, 2.45) is 23.2 Å². The van der Waals surface area contributed by atoms with E-state index in [0.29, 0.717) is 30.8 Å². The summed E-state index contributed by atoms with van der Waals surface area (Å²) in [5.74, 6) is 1.51. The normalized spacial score (nSPS) is 32.4. The van der Waals surface area contributed by atoms with Crippen molar-refractivity contribution < 1.29 is 22.7 Å². The van der Waals surface area contributed by atoms with Crippen LogP contribution in [0.25, 0.3) is 0 Å². The van der Waals surface area contributed by atoms with E-state index in [1.807, 2.05) is 0 Å². The van der Waals surface area contributed by atoms with Crippen LogP contribution in [0.2, 0.25) is 0 Å². The van der Waals surface area contributed by atoms with Gasteiger partial charge in [0.05, 0.1) is 10.5 Å². The maximum absolute atomic E-state index is 13.1. The van der Waals surface area contributed by atoms with E-state index in [1.54, 1.807) is 0 Å². The number of sulfonamides is 1. The molecule has 0 atom stereocenters. The first-order chi connectivity index (χ1) is 15.4. The molecule has 1 aromatic rings. The van der Waals surface area contributed by atoms with Crippen LogP contribution in [0, 0.1) is 23.2 Å². The number of benzene rings is 1. The fourth-order valence-corrected chi connectivity index (χ4v) is 8.53. The number of carbonyl (C=O) groups is 2. The Morgan fingerprint density at radius 3 is 1.94 bits per heavy atom. The third-order valence-electron chi connectivity index (χ3n) is 8.26. The highest BCUT2D eigenvalue weighted by Gasteiger charge is 2.54. The SMILES string of the molecule is O=C(OCC(=O)C12CC3CC(CC(C3)C1)C2)c1ccc(S(=O)(=O)N2CCCCCC2)cc1. The largest absolute Gasteiger partial charge is 0.454 e. The number of carbonyl (C=O) groups excluding carboxylic acids is 2. The molecule has 0 aromatic heterocycles. The van der Waals surface area contributed by atoms with Gasteiger partial charge >= 0.3 is 5.97 Å². The maximum atomic E-state index is 13.1. The lowest BCUT2D eigenvalue weighted by atomic mass is 9.48. The molecule has 1 saturated heterocycles. The Balaban J connectivity index is 1.20. The molecule has 1 heterocycles. The second-order valence-corrected chi connectivity index (χ2v) is 12.5. The number of hydrogen-bond donors (Lipinski definition) is 0. The molecule has 0 spiro atoms. The van der Waals surface area contributed by atoms with Crippen LogP contribution in [0.5, 0.6) is 0 Å². The maximum Gasteiger partial charge on any atom is 0.338 e. The summed E-state index contributed by atoms with van der Waals surface area (Å²) < 4.78 is 32.7. The quantitative estimate of drug-likeness (QED) is 0.596. The average molecular weight is 460 g/mol. The van der Waals surface area contributed by atoms with Gasteiger partial charge in [-0.2, -0.15) is 4.31 Å². The molecule has 4 bridgehead atoms. The van der Waals surface area contributed by atoms with Crippen molar-refractivity contribution in [1.29, 1.82) is 0 Å². The highest BCUT2D eigenvalue weighted by atomic mass is 32.2. The Hall–Kier alpha value is -1.73. The summed E-state index contributed by atoms with van der Waals surface area (Å²) in [7, 11) is -3.55. The molecular formula is C25H33NO5S. The van der Waals surface area contributed by atoms with E-state index in [1.165, 1.54) is 47.8 Å². The molecule has 0 amide bonds. The first-order valence-corrected chi connectivity index (χ1v) is 13.6. The standard InChI is InChI=1S/C25H33NO5S/c27-23(25-14-18-11-19(15-25)13-20(12-18)16-25)17-31-24(28)21-5-7-22(8-6-21)32(29,30)26-9-3-1-2-4-10-26/h5-8,18-20H,1-4,9-17H2. The highest BCUT2D eigenvalue weighted by molar-refractivity contribution is 7.89. The number of hydrogen-bond acceptors (Lipinski definition) is 5. The minimum Gasteiger partial charge on any atom is -0.454 e. The molecule has 32 heavy (non-hydrogen) atoms. The van der Waals surface area contributed by atoms with Gasteiger partial charge in [-0.15, -0.1) is 0 Å². The van der Waals surface area contributed by atoms with Crippen LogP contribution in [0.3, 0.4) is 0 Å². The second-order valence-electron chi connectivity index (χ2n) is 10.5. The van der Waals surface area contributed by atoms with Crippen molar-refractivity contribution in [2.45, 2.75) is 69.1 Å². The predicted octanol–water partition coefficient (Wildman–Crippen LogP) is 4.19. The Morgan fingerprint density at radius 1 is 0.875 bits per heavy atom. The zero-order valence-corrected chi connectivity index (χ0v) is 19.4. The fourth-order valence-electron chi connectivity index (χ4n) is 7.01. The molecule has 1 aliphatic heterocycles. The van der Waals surface area contributed by atoms with Gasteiger partial charge < -0.3 is 4.74 Å². The van der Waals surface area contributed by atoms with Crippen LogP contribution < -0.4 is 0 Å². The van der Waals surface area contributed by atoms with Gasteiger partial charge in [-0.3, -0.25) is 4.79 Å². The molecule has 6 nitrogen and oxygen atoms in total. The summed E-state index contributed by atoms with van der Waals surface area (Å²) in [4.78, 5) is 25.8. The van der Waals surface area contributed by atoms with E-state index in [4.69, 9.17) is 4.74 Å². The fraction of sp³-hybridized carbons (Fsp3) is 0.680. The molecule has 5 aliphatic rings. The van der Waals surface area contributed by atoms with Gasteiger partial charge in [-0.25, -0.2) is 13.2 Å². The van der Waals surface area contributed by atoms with E-state index in [-0.39, 0.29) is 28.3 Å². The van der Waals surface area contributed by atoms with Crippen LogP contribution in [0.15, 0.2) is 29.2 Å². The van der Waals surface area contributed by atoms with E-state index < -0.39 is 16.0 Å². The number of esters is 1. The molecule has 0 radical (unpaired) electrons. The van der Waals surface area contributed by atoms with Crippen LogP contribution in [0.4, 0.5) is 0 Å². The van der Waals surface area contributed by atoms with E-state index >= 15 is 0 Å². The lowest BCUT2D eigenvalue weighted by Crippen LogP contribution is -2.51. The number of ketones is 1. The first-order valence-electron chi connectivity index (χ1n) is 12.2. The van der Waals surface area contributed by atoms with Crippen LogP contribution in [0.1, 0.15) is 74.6 Å². The number of ether oxygens (including phenoxy) is 1. The monoisotopic (exact) mass is 459 g/mol. The molecule has 1 aromatic carbocycles. The van der Waals surface area contributed by atoms with Crippen molar-refractivity contribution in [1.82, 2.24) is 4.31 Å². The van der Waals surface area contributed by atoms with Crippen molar-refractivity contribution in [3.8, 4) is 0 Å². The third-order valence-corrected chi connectivity index (χ3v) is 10.2. The average Bonchev–Trinajstić information content (AvgIpc) is 3.06. The van der Waals surface area contributed by atoms with Crippen molar-refractivity contribution in [3.63, 3.8) is 0 Å². The van der Waals surface area contributed by atoms with Crippen molar-refractivity contribution in [3.05, 3.63) is 29.8 Å². The lowest BCUT2D eigenvalue weighted by Gasteiger charge is -2.55. The van der Waals surface area contributed by atoms with Gasteiger partial charge in [0.15, 0.2) is 12.4 Å². The predicted molar refractivity (Wildman–Crippen MR) is 120 cm³/mol. The summed E-state index contributed by atoms with van der Waals surface area (Å²) in [6, 6.07) is 5.92. The van der Waals surface area contributed by atoms with Gasteiger partial charge in [0.25, 0.3) is 0 Å². The minimum atomic E-state index is -3.55. The van der Waals surface area contributed by atoms with Crippen molar-refractivity contribution in [2.75, 3.05) is 19.7 Å². The topological polar surface area (TPSA) is 80.8 Å². The Bertz CT molecular complexity index is 941. The molecule has 5 fully saturated rings. The van der Waals surface area contributed by atoms with Crippen molar-refractivity contribution >= 4 is 21.8 Å². The van der Waals surface area contributed by atoms with E-state index in [9.17, 15) is 18.0 Å². The summed E-state index contributed by atoms with van der Waals surface area (Å²) in [5, 5.41) is 0. The molecule has 0 unspecified atom stereocenters. The van der Waals surface area contributed by atoms with Gasteiger partial charge in [-0.1, -0.05) is 12.8 Å². The number of rotatable bonds is 6. The molecule has 0 N–H and O–H groups in total. The lowest BCUT2D eigenvalue weighted by molar-refractivity contribution is -0.147. The van der Waals surface area contributed by atoms with E-state index in [2.05, 4.69) is 0 Å². The summed E-state index contributed by atoms with van der Waals surface area (Å²) in [6.07, 6.45) is 10.5.